The molecule has 1 aliphatic rings. The van der Waals surface area contributed by atoms with Crippen molar-refractivity contribution < 1.29 is 14.7 Å². The number of nitrogens with zero attached hydrogens (tertiary/aromatic N) is 4. The number of carbonyl (C=O) groups is 2. The minimum Gasteiger partial charge on any atom is -0.476 e. The molecule has 2 heterocycles. The lowest BCUT2D eigenvalue weighted by Crippen LogP contribution is -2.39. The van der Waals surface area contributed by atoms with E-state index in [0.717, 1.165) is 17.3 Å². The third-order valence-corrected chi connectivity index (χ3v) is 4.72. The van der Waals surface area contributed by atoms with Gasteiger partial charge in [-0.3, -0.25) is 4.79 Å². The molecular weight excluding hydrogens is 376 g/mol. The third kappa shape index (κ3) is 3.81. The van der Waals surface area contributed by atoms with Crippen LogP contribution < -0.4 is 0 Å². The number of piperidine rings is 1. The topological polar surface area (TPSA) is 88.3 Å². The van der Waals surface area contributed by atoms with Crippen molar-refractivity contribution in [2.24, 2.45) is 0 Å². The predicted octanol–water partition coefficient (Wildman–Crippen LogP) is 2.15. The van der Waals surface area contributed by atoms with Crippen LogP contribution >= 0.6 is 15.9 Å². The molecule has 1 fully saturated rings. The minimum absolute atomic E-state index is 0.0157. The number of likely N-dealkylation sites (tertiary alicyclic amines) is 1. The van der Waals surface area contributed by atoms with Crippen molar-refractivity contribution >= 4 is 27.8 Å². The highest BCUT2D eigenvalue weighted by Gasteiger charge is 2.24. The van der Waals surface area contributed by atoms with Crippen LogP contribution in [0.25, 0.3) is 0 Å². The predicted molar refractivity (Wildman–Crippen MR) is 89.7 cm³/mol. The smallest absolute Gasteiger partial charge is 0.358 e. The van der Waals surface area contributed by atoms with E-state index >= 15 is 0 Å². The van der Waals surface area contributed by atoms with Gasteiger partial charge in [-0.25, -0.2) is 9.48 Å². The number of carbonyl (C=O) groups excluding carboxylic acids is 1. The number of halogens is 1. The van der Waals surface area contributed by atoms with E-state index < -0.39 is 5.97 Å². The van der Waals surface area contributed by atoms with Gasteiger partial charge in [0.1, 0.15) is 6.54 Å². The van der Waals surface area contributed by atoms with Gasteiger partial charge in [0.25, 0.3) is 0 Å². The van der Waals surface area contributed by atoms with Gasteiger partial charge in [-0.1, -0.05) is 33.3 Å². The molecule has 0 radical (unpaired) electrons. The molecule has 24 heavy (non-hydrogen) atoms. The Labute approximate surface area is 147 Å². The van der Waals surface area contributed by atoms with Gasteiger partial charge in [-0.2, -0.15) is 0 Å². The van der Waals surface area contributed by atoms with Crippen molar-refractivity contribution in [3.05, 3.63) is 46.2 Å². The summed E-state index contributed by atoms with van der Waals surface area (Å²) in [4.78, 5) is 24.9. The Morgan fingerprint density at radius 3 is 2.67 bits per heavy atom. The van der Waals surface area contributed by atoms with Crippen LogP contribution in [0.15, 0.2) is 34.9 Å². The maximum atomic E-state index is 12.3. The zero-order valence-electron chi connectivity index (χ0n) is 12.9. The van der Waals surface area contributed by atoms with Crippen LogP contribution in [0.2, 0.25) is 0 Å². The summed E-state index contributed by atoms with van der Waals surface area (Å²) in [7, 11) is 0. The van der Waals surface area contributed by atoms with E-state index in [0.29, 0.717) is 19.0 Å². The first kappa shape index (κ1) is 16.6. The van der Waals surface area contributed by atoms with Crippen LogP contribution in [-0.4, -0.2) is 50.0 Å². The first-order valence-corrected chi connectivity index (χ1v) is 8.49. The molecule has 1 amide bonds. The molecule has 0 atom stereocenters. The SMILES string of the molecule is O=C(O)c1cn(CC(=O)N2CCC(c3cccc(Br)c3)CC2)nn1. The number of hydrogen-bond donors (Lipinski definition) is 1. The van der Waals surface area contributed by atoms with Crippen LogP contribution in [0.4, 0.5) is 0 Å². The first-order valence-electron chi connectivity index (χ1n) is 7.69. The van der Waals surface area contributed by atoms with Gasteiger partial charge >= 0.3 is 5.97 Å². The minimum atomic E-state index is -1.15. The molecule has 0 aliphatic carbocycles. The van der Waals surface area contributed by atoms with Crippen molar-refractivity contribution in [1.82, 2.24) is 19.9 Å². The molecule has 1 N–H and O–H groups in total. The number of amides is 1. The third-order valence-electron chi connectivity index (χ3n) is 4.22. The molecule has 1 aromatic carbocycles. The van der Waals surface area contributed by atoms with Gasteiger partial charge < -0.3 is 10.0 Å². The lowest BCUT2D eigenvalue weighted by Gasteiger charge is -2.32. The molecule has 126 valence electrons. The van der Waals surface area contributed by atoms with E-state index in [-0.39, 0.29) is 18.1 Å². The molecule has 7 nitrogen and oxygen atoms in total. The number of aromatic nitrogens is 3. The molecule has 0 spiro atoms. The second-order valence-electron chi connectivity index (χ2n) is 5.82. The highest BCUT2D eigenvalue weighted by Crippen LogP contribution is 2.29. The standard InChI is InChI=1S/C16H17BrN4O3/c17-13-3-1-2-12(8-13)11-4-6-20(7-5-11)15(22)10-21-9-14(16(23)24)18-19-21/h1-3,8-9,11H,4-7,10H2,(H,23,24). The lowest BCUT2D eigenvalue weighted by molar-refractivity contribution is -0.133. The van der Waals surface area contributed by atoms with Crippen molar-refractivity contribution in [3.63, 3.8) is 0 Å². The summed E-state index contributed by atoms with van der Waals surface area (Å²) < 4.78 is 2.34. The van der Waals surface area contributed by atoms with Crippen molar-refractivity contribution in [2.75, 3.05) is 13.1 Å². The molecule has 3 rings (SSSR count). The average molecular weight is 393 g/mol. The van der Waals surface area contributed by atoms with Crippen molar-refractivity contribution in [2.45, 2.75) is 25.3 Å². The second-order valence-corrected chi connectivity index (χ2v) is 6.73. The normalized spacial score (nSPS) is 15.5. The fraction of sp³-hybridized carbons (Fsp3) is 0.375. The molecule has 2 aromatic rings. The van der Waals surface area contributed by atoms with Crippen LogP contribution in [0, 0.1) is 0 Å². The van der Waals surface area contributed by atoms with Gasteiger partial charge in [-0.05, 0) is 36.5 Å². The van der Waals surface area contributed by atoms with Gasteiger partial charge in [0, 0.05) is 17.6 Å². The van der Waals surface area contributed by atoms with Crippen LogP contribution in [0.5, 0.6) is 0 Å². The van der Waals surface area contributed by atoms with Crippen LogP contribution in [0.1, 0.15) is 34.8 Å². The molecule has 0 bridgehead atoms. The lowest BCUT2D eigenvalue weighted by atomic mass is 9.89. The van der Waals surface area contributed by atoms with E-state index in [4.69, 9.17) is 5.11 Å². The Morgan fingerprint density at radius 2 is 2.04 bits per heavy atom. The van der Waals surface area contributed by atoms with E-state index in [9.17, 15) is 9.59 Å². The highest BCUT2D eigenvalue weighted by atomic mass is 79.9. The van der Waals surface area contributed by atoms with Crippen molar-refractivity contribution in [1.29, 1.82) is 0 Å². The number of rotatable bonds is 4. The summed E-state index contributed by atoms with van der Waals surface area (Å²) in [6.07, 6.45) is 3.11. The summed E-state index contributed by atoms with van der Waals surface area (Å²) >= 11 is 3.49. The molecule has 0 unspecified atom stereocenters. The Hall–Kier alpha value is -2.22. The fourth-order valence-corrected chi connectivity index (χ4v) is 3.35. The van der Waals surface area contributed by atoms with Crippen LogP contribution in [0.3, 0.4) is 0 Å². The number of benzene rings is 1. The van der Waals surface area contributed by atoms with Gasteiger partial charge in [0.05, 0.1) is 6.20 Å². The zero-order valence-corrected chi connectivity index (χ0v) is 14.5. The summed E-state index contributed by atoms with van der Waals surface area (Å²) in [6.45, 7) is 1.40. The molecule has 1 aromatic heterocycles. The number of aromatic carboxylic acids is 1. The Balaban J connectivity index is 1.55. The summed E-state index contributed by atoms with van der Waals surface area (Å²) in [5, 5.41) is 16.0. The first-order chi connectivity index (χ1) is 11.5. The van der Waals surface area contributed by atoms with Gasteiger partial charge in [0.2, 0.25) is 5.91 Å². The quantitative estimate of drug-likeness (QED) is 0.860. The monoisotopic (exact) mass is 392 g/mol. The molecule has 1 saturated heterocycles. The number of carboxylic acids is 1. The van der Waals surface area contributed by atoms with E-state index in [1.54, 1.807) is 4.90 Å². The Kier molecular flexibility index (Phi) is 4.94. The molecular formula is C16H17BrN4O3. The fourth-order valence-electron chi connectivity index (χ4n) is 2.94. The van der Waals surface area contributed by atoms with Gasteiger partial charge in [-0.15, -0.1) is 5.10 Å². The Morgan fingerprint density at radius 1 is 1.29 bits per heavy atom. The highest BCUT2D eigenvalue weighted by molar-refractivity contribution is 9.10. The average Bonchev–Trinajstić information content (AvgIpc) is 3.04. The maximum Gasteiger partial charge on any atom is 0.358 e. The van der Waals surface area contributed by atoms with Crippen molar-refractivity contribution in [3.8, 4) is 0 Å². The van der Waals surface area contributed by atoms with E-state index in [1.165, 1.54) is 16.4 Å². The van der Waals surface area contributed by atoms with Crippen LogP contribution in [-0.2, 0) is 11.3 Å². The zero-order chi connectivity index (χ0) is 17.1. The molecule has 8 heteroatoms. The second kappa shape index (κ2) is 7.12. The summed E-state index contributed by atoms with van der Waals surface area (Å²) in [5.41, 5.74) is 1.13. The summed E-state index contributed by atoms with van der Waals surface area (Å²) in [5.74, 6) is -0.760. The maximum absolute atomic E-state index is 12.3. The van der Waals surface area contributed by atoms with E-state index in [2.05, 4.69) is 38.4 Å². The number of carboxylic acid groups (broad SMARTS) is 1. The Bertz CT molecular complexity index is 753. The largest absolute Gasteiger partial charge is 0.476 e. The summed E-state index contributed by atoms with van der Waals surface area (Å²) in [6, 6.07) is 8.29. The van der Waals surface area contributed by atoms with E-state index in [1.807, 2.05) is 12.1 Å². The van der Waals surface area contributed by atoms with Gasteiger partial charge in [0.15, 0.2) is 5.69 Å². The molecule has 1 aliphatic heterocycles. The number of hydrogen-bond acceptors (Lipinski definition) is 4. The molecule has 0 saturated carbocycles.